The first-order valence-electron chi connectivity index (χ1n) is 6.93. The summed E-state index contributed by atoms with van der Waals surface area (Å²) in [6, 6.07) is 6.21. The van der Waals surface area contributed by atoms with Gasteiger partial charge >= 0.3 is 0 Å². The molecule has 1 aliphatic heterocycles. The molecule has 1 aliphatic carbocycles. The number of fused-ring (bicyclic) bond motifs is 2. The molecular formula is C15H21FN2. The number of nitrogens with one attached hydrogen (secondary N) is 1. The van der Waals surface area contributed by atoms with Gasteiger partial charge in [-0.15, -0.1) is 0 Å². The van der Waals surface area contributed by atoms with Crippen molar-refractivity contribution in [3.63, 3.8) is 0 Å². The number of rotatable bonds is 3. The van der Waals surface area contributed by atoms with Crippen LogP contribution < -0.4 is 10.2 Å². The summed E-state index contributed by atoms with van der Waals surface area (Å²) in [4.78, 5) is 2.31. The Morgan fingerprint density at radius 1 is 1.39 bits per heavy atom. The minimum absolute atomic E-state index is 0.0675. The predicted molar refractivity (Wildman–Crippen MR) is 72.3 cm³/mol. The average molecular weight is 248 g/mol. The summed E-state index contributed by atoms with van der Waals surface area (Å²) in [6.07, 6.45) is 3.81. The molecule has 3 heteroatoms. The number of piperidine rings is 1. The van der Waals surface area contributed by atoms with E-state index < -0.39 is 0 Å². The molecule has 18 heavy (non-hydrogen) atoms. The summed E-state index contributed by atoms with van der Waals surface area (Å²) in [5.74, 6) is 0.717. The summed E-state index contributed by atoms with van der Waals surface area (Å²) in [5, 5.41) is 3.22. The second-order valence-electron chi connectivity index (χ2n) is 5.67. The van der Waals surface area contributed by atoms with Crippen molar-refractivity contribution < 1.29 is 4.39 Å². The number of hydrogen-bond donors (Lipinski definition) is 1. The van der Waals surface area contributed by atoms with Gasteiger partial charge in [-0.05, 0) is 50.8 Å². The molecule has 1 aromatic rings. The van der Waals surface area contributed by atoms with Gasteiger partial charge in [0, 0.05) is 18.6 Å². The first-order chi connectivity index (χ1) is 8.70. The first kappa shape index (κ1) is 12.0. The van der Waals surface area contributed by atoms with Crippen molar-refractivity contribution in [3.05, 3.63) is 29.6 Å². The highest BCUT2D eigenvalue weighted by atomic mass is 19.1. The summed E-state index contributed by atoms with van der Waals surface area (Å²) < 4.78 is 14.3. The van der Waals surface area contributed by atoms with E-state index in [2.05, 4.69) is 17.1 Å². The van der Waals surface area contributed by atoms with Crippen LogP contribution in [0.25, 0.3) is 0 Å². The average Bonchev–Trinajstić information content (AvgIpc) is 2.99. The number of benzene rings is 1. The minimum atomic E-state index is -0.0675. The molecule has 2 aliphatic rings. The molecule has 1 aromatic carbocycles. The van der Waals surface area contributed by atoms with Gasteiger partial charge in [-0.25, -0.2) is 4.39 Å². The Labute approximate surface area is 108 Å². The molecule has 1 saturated heterocycles. The van der Waals surface area contributed by atoms with Crippen LogP contribution in [0.3, 0.4) is 0 Å². The van der Waals surface area contributed by atoms with Crippen LogP contribution in [0.2, 0.25) is 0 Å². The zero-order chi connectivity index (χ0) is 12.7. The molecule has 1 saturated carbocycles. The second-order valence-corrected chi connectivity index (χ2v) is 5.67. The Hall–Kier alpha value is -1.09. The lowest BCUT2D eigenvalue weighted by Crippen LogP contribution is -2.34. The molecular weight excluding hydrogens is 227 g/mol. The van der Waals surface area contributed by atoms with E-state index in [9.17, 15) is 4.39 Å². The largest absolute Gasteiger partial charge is 0.366 e. The molecule has 98 valence electrons. The van der Waals surface area contributed by atoms with E-state index in [1.165, 1.54) is 19.3 Å². The van der Waals surface area contributed by atoms with Crippen LogP contribution >= 0.6 is 0 Å². The maximum Gasteiger partial charge on any atom is 0.146 e. The third kappa shape index (κ3) is 1.81. The molecule has 0 aromatic heterocycles. The third-order valence-electron chi connectivity index (χ3n) is 4.61. The highest BCUT2D eigenvalue weighted by Gasteiger charge is 2.39. The van der Waals surface area contributed by atoms with Gasteiger partial charge in [-0.3, -0.25) is 0 Å². The van der Waals surface area contributed by atoms with Crippen molar-refractivity contribution in [2.24, 2.45) is 5.92 Å². The molecule has 1 N–H and O–H groups in total. The normalized spacial score (nSPS) is 27.8. The van der Waals surface area contributed by atoms with Gasteiger partial charge in [0.1, 0.15) is 5.82 Å². The highest BCUT2D eigenvalue weighted by molar-refractivity contribution is 5.58. The lowest BCUT2D eigenvalue weighted by molar-refractivity contribution is 0.533. The fourth-order valence-electron chi connectivity index (χ4n) is 3.54. The zero-order valence-corrected chi connectivity index (χ0v) is 11.1. The maximum atomic E-state index is 14.3. The minimum Gasteiger partial charge on any atom is -0.366 e. The third-order valence-corrected chi connectivity index (χ3v) is 4.61. The topological polar surface area (TPSA) is 15.3 Å². The lowest BCUT2D eigenvalue weighted by Gasteiger charge is -2.32. The fourth-order valence-corrected chi connectivity index (χ4v) is 3.54. The van der Waals surface area contributed by atoms with Crippen molar-refractivity contribution in [1.82, 2.24) is 5.32 Å². The smallest absolute Gasteiger partial charge is 0.146 e. The molecule has 0 radical (unpaired) electrons. The number of halogens is 1. The molecule has 2 nitrogen and oxygen atoms in total. The van der Waals surface area contributed by atoms with Gasteiger partial charge in [0.15, 0.2) is 0 Å². The lowest BCUT2D eigenvalue weighted by atomic mass is 10.0. The SMILES string of the molecule is CNC(C)c1cccc(F)c1N1CC2CCC1C2. The summed E-state index contributed by atoms with van der Waals surface area (Å²) in [5.41, 5.74) is 1.93. The van der Waals surface area contributed by atoms with Crippen molar-refractivity contribution in [3.8, 4) is 0 Å². The van der Waals surface area contributed by atoms with E-state index >= 15 is 0 Å². The highest BCUT2D eigenvalue weighted by Crippen LogP contribution is 2.43. The van der Waals surface area contributed by atoms with E-state index in [1.807, 2.05) is 19.2 Å². The Bertz CT molecular complexity index is 446. The molecule has 1 heterocycles. The van der Waals surface area contributed by atoms with Crippen molar-refractivity contribution >= 4 is 5.69 Å². The zero-order valence-electron chi connectivity index (χ0n) is 11.1. The standard InChI is InChI=1S/C15H21FN2/c1-10(17-2)13-4-3-5-14(16)15(13)18-9-11-6-7-12(18)8-11/h3-5,10-12,17H,6-9H2,1-2H3. The first-order valence-corrected chi connectivity index (χ1v) is 6.93. The second kappa shape index (κ2) is 4.54. The Morgan fingerprint density at radius 3 is 2.83 bits per heavy atom. The monoisotopic (exact) mass is 248 g/mol. The maximum absolute atomic E-state index is 14.3. The van der Waals surface area contributed by atoms with E-state index in [0.29, 0.717) is 6.04 Å². The number of anilines is 1. The van der Waals surface area contributed by atoms with Crippen LogP contribution in [0.15, 0.2) is 18.2 Å². The molecule has 0 amide bonds. The van der Waals surface area contributed by atoms with Crippen molar-refractivity contribution in [2.75, 3.05) is 18.5 Å². The van der Waals surface area contributed by atoms with Gasteiger partial charge in [0.25, 0.3) is 0 Å². The van der Waals surface area contributed by atoms with Gasteiger partial charge in [-0.1, -0.05) is 12.1 Å². The number of para-hydroxylation sites is 1. The summed E-state index contributed by atoms with van der Waals surface area (Å²) in [6.45, 7) is 3.13. The van der Waals surface area contributed by atoms with Crippen molar-refractivity contribution in [1.29, 1.82) is 0 Å². The van der Waals surface area contributed by atoms with E-state index in [1.54, 1.807) is 6.07 Å². The van der Waals surface area contributed by atoms with Gasteiger partial charge in [0.05, 0.1) is 5.69 Å². The van der Waals surface area contributed by atoms with E-state index in [-0.39, 0.29) is 11.9 Å². The van der Waals surface area contributed by atoms with Crippen molar-refractivity contribution in [2.45, 2.75) is 38.3 Å². The Morgan fingerprint density at radius 2 is 2.22 bits per heavy atom. The van der Waals surface area contributed by atoms with Crippen LogP contribution in [0, 0.1) is 11.7 Å². The Kier molecular flexibility index (Phi) is 3.02. The van der Waals surface area contributed by atoms with Crippen LogP contribution in [-0.4, -0.2) is 19.6 Å². The van der Waals surface area contributed by atoms with Gasteiger partial charge < -0.3 is 10.2 Å². The summed E-state index contributed by atoms with van der Waals surface area (Å²) >= 11 is 0. The molecule has 2 fully saturated rings. The summed E-state index contributed by atoms with van der Waals surface area (Å²) in [7, 11) is 1.93. The van der Waals surface area contributed by atoms with Gasteiger partial charge in [0.2, 0.25) is 0 Å². The van der Waals surface area contributed by atoms with E-state index in [4.69, 9.17) is 0 Å². The molecule has 3 unspecified atom stereocenters. The van der Waals surface area contributed by atoms with Crippen LogP contribution in [-0.2, 0) is 0 Å². The fraction of sp³-hybridized carbons (Fsp3) is 0.600. The van der Waals surface area contributed by atoms with Crippen LogP contribution in [0.5, 0.6) is 0 Å². The van der Waals surface area contributed by atoms with Gasteiger partial charge in [-0.2, -0.15) is 0 Å². The molecule has 3 atom stereocenters. The predicted octanol–water partition coefficient (Wildman–Crippen LogP) is 3.09. The van der Waals surface area contributed by atoms with E-state index in [0.717, 1.165) is 23.7 Å². The molecule has 3 rings (SSSR count). The van der Waals surface area contributed by atoms with Crippen LogP contribution in [0.1, 0.15) is 37.8 Å². The number of hydrogen-bond acceptors (Lipinski definition) is 2. The Balaban J connectivity index is 2.00. The number of nitrogens with zero attached hydrogens (tertiary/aromatic N) is 1. The van der Waals surface area contributed by atoms with Crippen LogP contribution in [0.4, 0.5) is 10.1 Å². The molecule has 0 spiro atoms. The quantitative estimate of drug-likeness (QED) is 0.884. The molecule has 2 bridgehead atoms.